The Balaban J connectivity index is 2.18. The maximum absolute atomic E-state index is 11.8. The van der Waals surface area contributed by atoms with Crippen LogP contribution in [0.4, 0.5) is 0 Å². The van der Waals surface area contributed by atoms with Crippen molar-refractivity contribution in [3.63, 3.8) is 0 Å². The molecule has 1 aliphatic rings. The summed E-state index contributed by atoms with van der Waals surface area (Å²) >= 11 is 0. The third-order valence-corrected chi connectivity index (χ3v) is 3.76. The standard InChI is InChI=1S/C16H18O3/c1-10-3-6-14(15(10)17)9-12-4-7-13(8-5-12)11(2)16(18)19/h4-5,7-11H,3,6H2,1-2H3,(H,18,19)/b14-9+/t10-,11?/m1/s1. The summed E-state index contributed by atoms with van der Waals surface area (Å²) < 4.78 is 0. The zero-order valence-electron chi connectivity index (χ0n) is 11.2. The summed E-state index contributed by atoms with van der Waals surface area (Å²) in [4.78, 5) is 22.7. The van der Waals surface area contributed by atoms with Gasteiger partial charge in [-0.3, -0.25) is 9.59 Å². The molecule has 3 heteroatoms. The van der Waals surface area contributed by atoms with Crippen molar-refractivity contribution in [1.82, 2.24) is 0 Å². The molecule has 1 saturated carbocycles. The summed E-state index contributed by atoms with van der Waals surface area (Å²) in [5, 5.41) is 8.94. The van der Waals surface area contributed by atoms with Gasteiger partial charge in [0.1, 0.15) is 0 Å². The first-order valence-electron chi connectivity index (χ1n) is 6.56. The zero-order chi connectivity index (χ0) is 14.0. The Morgan fingerprint density at radius 3 is 2.47 bits per heavy atom. The van der Waals surface area contributed by atoms with Crippen LogP contribution in [-0.2, 0) is 9.59 Å². The highest BCUT2D eigenvalue weighted by Gasteiger charge is 2.24. The number of allylic oxidation sites excluding steroid dienone is 1. The molecular weight excluding hydrogens is 240 g/mol. The normalized spacial score (nSPS) is 22.7. The maximum Gasteiger partial charge on any atom is 0.310 e. The van der Waals surface area contributed by atoms with E-state index in [9.17, 15) is 9.59 Å². The van der Waals surface area contributed by atoms with Gasteiger partial charge in [-0.05, 0) is 42.5 Å². The van der Waals surface area contributed by atoms with Gasteiger partial charge in [0.05, 0.1) is 5.92 Å². The quantitative estimate of drug-likeness (QED) is 0.847. The van der Waals surface area contributed by atoms with E-state index in [0.29, 0.717) is 0 Å². The van der Waals surface area contributed by atoms with Gasteiger partial charge in [-0.2, -0.15) is 0 Å². The van der Waals surface area contributed by atoms with Crippen molar-refractivity contribution in [1.29, 1.82) is 0 Å². The second-order valence-corrected chi connectivity index (χ2v) is 5.20. The fraction of sp³-hybridized carbons (Fsp3) is 0.375. The van der Waals surface area contributed by atoms with Gasteiger partial charge in [0.15, 0.2) is 5.78 Å². The van der Waals surface area contributed by atoms with Gasteiger partial charge < -0.3 is 5.11 Å². The van der Waals surface area contributed by atoms with Gasteiger partial charge >= 0.3 is 5.97 Å². The fourth-order valence-corrected chi connectivity index (χ4v) is 2.31. The molecule has 1 aromatic carbocycles. The molecule has 1 unspecified atom stereocenters. The second-order valence-electron chi connectivity index (χ2n) is 5.20. The Morgan fingerprint density at radius 2 is 2.00 bits per heavy atom. The highest BCUT2D eigenvalue weighted by Crippen LogP contribution is 2.28. The van der Waals surface area contributed by atoms with Gasteiger partial charge in [0, 0.05) is 5.92 Å². The number of benzene rings is 1. The second kappa shape index (κ2) is 5.39. The van der Waals surface area contributed by atoms with E-state index in [1.807, 2.05) is 37.3 Å². The Bertz CT molecular complexity index is 525. The molecule has 3 nitrogen and oxygen atoms in total. The van der Waals surface area contributed by atoms with Crippen molar-refractivity contribution < 1.29 is 14.7 Å². The SMILES string of the molecule is CC(C(=O)O)c1ccc(/C=C2\CC[C@@H](C)C2=O)cc1. The molecule has 19 heavy (non-hydrogen) atoms. The Hall–Kier alpha value is -1.90. The minimum absolute atomic E-state index is 0.137. The van der Waals surface area contributed by atoms with Crippen LogP contribution in [0.1, 0.15) is 43.7 Å². The summed E-state index contributed by atoms with van der Waals surface area (Å²) in [6.45, 7) is 3.62. The molecule has 100 valence electrons. The molecule has 0 heterocycles. The molecular formula is C16H18O3. The van der Waals surface area contributed by atoms with E-state index in [2.05, 4.69) is 0 Å². The van der Waals surface area contributed by atoms with Crippen LogP contribution in [-0.4, -0.2) is 16.9 Å². The smallest absolute Gasteiger partial charge is 0.310 e. The number of carbonyl (C=O) groups excluding carboxylic acids is 1. The van der Waals surface area contributed by atoms with Gasteiger partial charge in [-0.25, -0.2) is 0 Å². The van der Waals surface area contributed by atoms with E-state index in [-0.39, 0.29) is 11.7 Å². The molecule has 0 spiro atoms. The average Bonchev–Trinajstić information content (AvgIpc) is 2.71. The Kier molecular flexibility index (Phi) is 3.84. The first-order valence-corrected chi connectivity index (χ1v) is 6.56. The van der Waals surface area contributed by atoms with Gasteiger partial charge in [0.2, 0.25) is 0 Å². The van der Waals surface area contributed by atoms with Crippen LogP contribution in [0.2, 0.25) is 0 Å². The van der Waals surface area contributed by atoms with Crippen LogP contribution in [0.3, 0.4) is 0 Å². The van der Waals surface area contributed by atoms with Crippen molar-refractivity contribution in [2.75, 3.05) is 0 Å². The van der Waals surface area contributed by atoms with Crippen LogP contribution < -0.4 is 0 Å². The summed E-state index contributed by atoms with van der Waals surface area (Å²) in [5.41, 5.74) is 2.62. The van der Waals surface area contributed by atoms with E-state index in [1.54, 1.807) is 6.92 Å². The highest BCUT2D eigenvalue weighted by molar-refractivity contribution is 6.02. The number of ketones is 1. The molecule has 0 bridgehead atoms. The fourth-order valence-electron chi connectivity index (χ4n) is 2.31. The molecule has 0 radical (unpaired) electrons. The van der Waals surface area contributed by atoms with Crippen molar-refractivity contribution in [2.45, 2.75) is 32.6 Å². The number of carboxylic acid groups (broad SMARTS) is 1. The lowest BCUT2D eigenvalue weighted by atomic mass is 9.99. The van der Waals surface area contributed by atoms with Crippen LogP contribution in [0, 0.1) is 5.92 Å². The van der Waals surface area contributed by atoms with E-state index in [1.165, 1.54) is 0 Å². The molecule has 0 saturated heterocycles. The maximum atomic E-state index is 11.8. The zero-order valence-corrected chi connectivity index (χ0v) is 11.2. The average molecular weight is 258 g/mol. The van der Waals surface area contributed by atoms with Crippen molar-refractivity contribution in [3.8, 4) is 0 Å². The Labute approximate surface area is 113 Å². The summed E-state index contributed by atoms with van der Waals surface area (Å²) in [5.74, 6) is -0.957. The molecule has 0 aromatic heterocycles. The summed E-state index contributed by atoms with van der Waals surface area (Å²) in [7, 11) is 0. The van der Waals surface area contributed by atoms with E-state index in [0.717, 1.165) is 29.5 Å². The monoisotopic (exact) mass is 258 g/mol. The third kappa shape index (κ3) is 2.92. The predicted octanol–water partition coefficient (Wildman–Crippen LogP) is 3.26. The first-order chi connectivity index (χ1) is 8.99. The van der Waals surface area contributed by atoms with Crippen molar-refractivity contribution in [3.05, 3.63) is 41.0 Å². The molecule has 1 N–H and O–H groups in total. The van der Waals surface area contributed by atoms with Crippen LogP contribution in [0.5, 0.6) is 0 Å². The van der Waals surface area contributed by atoms with E-state index >= 15 is 0 Å². The van der Waals surface area contributed by atoms with E-state index in [4.69, 9.17) is 5.11 Å². The molecule has 2 atom stereocenters. The number of carboxylic acids is 1. The molecule has 1 aromatic rings. The molecule has 1 aliphatic carbocycles. The van der Waals surface area contributed by atoms with Crippen LogP contribution in [0.15, 0.2) is 29.8 Å². The van der Waals surface area contributed by atoms with Crippen molar-refractivity contribution >= 4 is 17.8 Å². The lowest BCUT2D eigenvalue weighted by Crippen LogP contribution is -2.07. The van der Waals surface area contributed by atoms with Crippen LogP contribution >= 0.6 is 0 Å². The van der Waals surface area contributed by atoms with Gasteiger partial charge in [-0.15, -0.1) is 0 Å². The van der Waals surface area contributed by atoms with E-state index < -0.39 is 11.9 Å². The van der Waals surface area contributed by atoms with Crippen LogP contribution in [0.25, 0.3) is 6.08 Å². The number of hydrogen-bond acceptors (Lipinski definition) is 2. The predicted molar refractivity (Wildman–Crippen MR) is 73.9 cm³/mol. The number of aliphatic carboxylic acids is 1. The lowest BCUT2D eigenvalue weighted by molar-refractivity contribution is -0.138. The number of rotatable bonds is 3. The molecule has 0 aliphatic heterocycles. The molecule has 0 amide bonds. The summed E-state index contributed by atoms with van der Waals surface area (Å²) in [6.07, 6.45) is 3.69. The first kappa shape index (κ1) is 13.5. The minimum atomic E-state index is -0.828. The largest absolute Gasteiger partial charge is 0.481 e. The molecule has 1 fully saturated rings. The summed E-state index contributed by atoms with van der Waals surface area (Å²) in [6, 6.07) is 7.37. The number of Topliss-reactive ketones (excluding diaryl/α,β-unsaturated/α-hetero) is 1. The number of hydrogen-bond donors (Lipinski definition) is 1. The third-order valence-electron chi connectivity index (χ3n) is 3.76. The highest BCUT2D eigenvalue weighted by atomic mass is 16.4. The molecule has 2 rings (SSSR count). The van der Waals surface area contributed by atoms with Gasteiger partial charge in [0.25, 0.3) is 0 Å². The Morgan fingerprint density at radius 1 is 1.37 bits per heavy atom. The lowest BCUT2D eigenvalue weighted by Gasteiger charge is -2.06. The van der Waals surface area contributed by atoms with Gasteiger partial charge in [-0.1, -0.05) is 31.2 Å². The number of carbonyl (C=O) groups is 2. The topological polar surface area (TPSA) is 54.4 Å². The van der Waals surface area contributed by atoms with Crippen molar-refractivity contribution in [2.24, 2.45) is 5.92 Å². The minimum Gasteiger partial charge on any atom is -0.481 e.